The van der Waals surface area contributed by atoms with Crippen LogP contribution in [-0.4, -0.2) is 12.5 Å². The predicted octanol–water partition coefficient (Wildman–Crippen LogP) is 3.68. The summed E-state index contributed by atoms with van der Waals surface area (Å²) in [6, 6.07) is 14.4. The molecular formula is C18H21FN2O. The highest BCUT2D eigenvalue weighted by Gasteiger charge is 2.05. The number of benzene rings is 2. The fourth-order valence-electron chi connectivity index (χ4n) is 2.07. The smallest absolute Gasteiger partial charge is 0.239 e. The molecule has 2 aromatic carbocycles. The van der Waals surface area contributed by atoms with Crippen LogP contribution < -0.4 is 10.6 Å². The zero-order valence-corrected chi connectivity index (χ0v) is 12.9. The lowest BCUT2D eigenvalue weighted by Crippen LogP contribution is -2.29. The molecule has 2 aromatic rings. The molecule has 0 spiro atoms. The van der Waals surface area contributed by atoms with Crippen molar-refractivity contribution >= 4 is 11.6 Å². The molecule has 0 bridgehead atoms. The molecule has 0 unspecified atom stereocenters. The summed E-state index contributed by atoms with van der Waals surface area (Å²) < 4.78 is 13.4. The van der Waals surface area contributed by atoms with Gasteiger partial charge in [0.15, 0.2) is 0 Å². The molecule has 4 heteroatoms. The van der Waals surface area contributed by atoms with E-state index in [1.807, 2.05) is 24.3 Å². The third kappa shape index (κ3) is 4.58. The Labute approximate surface area is 130 Å². The van der Waals surface area contributed by atoms with Crippen molar-refractivity contribution in [1.82, 2.24) is 5.32 Å². The van der Waals surface area contributed by atoms with E-state index < -0.39 is 0 Å². The highest BCUT2D eigenvalue weighted by molar-refractivity contribution is 5.80. The standard InChI is InChI=1S/C18H21FN2O/c1-13(2)14-7-9-16(10-8-14)20-12-18(22)21-11-15-5-3-4-6-17(15)19/h3-10,13,20H,11-12H2,1-2H3,(H,21,22). The molecule has 2 rings (SSSR count). The van der Waals surface area contributed by atoms with Gasteiger partial charge in [0.05, 0.1) is 6.54 Å². The average molecular weight is 300 g/mol. The number of anilines is 1. The lowest BCUT2D eigenvalue weighted by Gasteiger charge is -2.10. The maximum Gasteiger partial charge on any atom is 0.239 e. The maximum atomic E-state index is 13.4. The van der Waals surface area contributed by atoms with Crippen molar-refractivity contribution in [3.05, 3.63) is 65.5 Å². The fourth-order valence-corrected chi connectivity index (χ4v) is 2.07. The molecular weight excluding hydrogens is 279 g/mol. The molecule has 0 saturated heterocycles. The van der Waals surface area contributed by atoms with Crippen molar-refractivity contribution in [2.45, 2.75) is 26.3 Å². The van der Waals surface area contributed by atoms with E-state index in [-0.39, 0.29) is 24.8 Å². The van der Waals surface area contributed by atoms with Crippen LogP contribution in [0.25, 0.3) is 0 Å². The first-order valence-electron chi connectivity index (χ1n) is 7.40. The van der Waals surface area contributed by atoms with Crippen LogP contribution in [0.15, 0.2) is 48.5 Å². The quantitative estimate of drug-likeness (QED) is 0.854. The number of carbonyl (C=O) groups is 1. The largest absolute Gasteiger partial charge is 0.376 e. The van der Waals surface area contributed by atoms with Gasteiger partial charge in [-0.15, -0.1) is 0 Å². The van der Waals surface area contributed by atoms with Gasteiger partial charge in [-0.2, -0.15) is 0 Å². The van der Waals surface area contributed by atoms with E-state index in [2.05, 4.69) is 24.5 Å². The molecule has 0 aliphatic heterocycles. The van der Waals surface area contributed by atoms with Crippen molar-refractivity contribution in [1.29, 1.82) is 0 Å². The lowest BCUT2D eigenvalue weighted by atomic mass is 10.0. The first-order valence-corrected chi connectivity index (χ1v) is 7.40. The van der Waals surface area contributed by atoms with Crippen LogP contribution in [0.4, 0.5) is 10.1 Å². The van der Waals surface area contributed by atoms with Crippen LogP contribution in [0, 0.1) is 5.82 Å². The van der Waals surface area contributed by atoms with Crippen LogP contribution in [0.3, 0.4) is 0 Å². The van der Waals surface area contributed by atoms with Gasteiger partial charge >= 0.3 is 0 Å². The van der Waals surface area contributed by atoms with Crippen LogP contribution in [0.5, 0.6) is 0 Å². The van der Waals surface area contributed by atoms with Gasteiger partial charge in [0.2, 0.25) is 5.91 Å². The second-order valence-electron chi connectivity index (χ2n) is 5.50. The van der Waals surface area contributed by atoms with Gasteiger partial charge in [0.25, 0.3) is 0 Å². The Kier molecular flexibility index (Phi) is 5.53. The summed E-state index contributed by atoms with van der Waals surface area (Å²) in [5, 5.41) is 5.75. The first kappa shape index (κ1) is 16.0. The molecule has 2 N–H and O–H groups in total. The molecule has 0 fully saturated rings. The summed E-state index contributed by atoms with van der Waals surface area (Å²) in [4.78, 5) is 11.8. The monoisotopic (exact) mass is 300 g/mol. The number of hydrogen-bond acceptors (Lipinski definition) is 2. The second-order valence-corrected chi connectivity index (χ2v) is 5.50. The van der Waals surface area contributed by atoms with Gasteiger partial charge in [-0.3, -0.25) is 4.79 Å². The van der Waals surface area contributed by atoms with Gasteiger partial charge in [-0.1, -0.05) is 44.2 Å². The van der Waals surface area contributed by atoms with Gasteiger partial charge < -0.3 is 10.6 Å². The van der Waals surface area contributed by atoms with E-state index in [0.717, 1.165) is 5.69 Å². The van der Waals surface area contributed by atoms with Gasteiger partial charge in [-0.25, -0.2) is 4.39 Å². The first-order chi connectivity index (χ1) is 10.6. The van der Waals surface area contributed by atoms with E-state index in [4.69, 9.17) is 0 Å². The van der Waals surface area contributed by atoms with Gasteiger partial charge in [0, 0.05) is 17.8 Å². The molecule has 0 heterocycles. The minimum absolute atomic E-state index is 0.162. The average Bonchev–Trinajstić information content (AvgIpc) is 2.52. The predicted molar refractivity (Wildman–Crippen MR) is 87.3 cm³/mol. The summed E-state index contributed by atoms with van der Waals surface area (Å²) in [5.74, 6) is 0.00865. The van der Waals surface area contributed by atoms with Crippen LogP contribution in [0.2, 0.25) is 0 Å². The third-order valence-electron chi connectivity index (χ3n) is 3.46. The normalized spacial score (nSPS) is 10.5. The topological polar surface area (TPSA) is 41.1 Å². The molecule has 0 aliphatic rings. The van der Waals surface area contributed by atoms with Crippen molar-refractivity contribution in [2.24, 2.45) is 0 Å². The molecule has 0 saturated carbocycles. The molecule has 116 valence electrons. The number of rotatable bonds is 6. The Morgan fingerprint density at radius 1 is 1.09 bits per heavy atom. The number of amides is 1. The molecule has 0 atom stereocenters. The molecule has 3 nitrogen and oxygen atoms in total. The highest BCUT2D eigenvalue weighted by Crippen LogP contribution is 2.16. The van der Waals surface area contributed by atoms with E-state index in [9.17, 15) is 9.18 Å². The Bertz CT molecular complexity index is 623. The summed E-state index contributed by atoms with van der Waals surface area (Å²) in [6.45, 7) is 4.63. The van der Waals surface area contributed by atoms with Crippen molar-refractivity contribution in [3.63, 3.8) is 0 Å². The second kappa shape index (κ2) is 7.59. The third-order valence-corrected chi connectivity index (χ3v) is 3.46. The fraction of sp³-hybridized carbons (Fsp3) is 0.278. The van der Waals surface area contributed by atoms with E-state index in [1.165, 1.54) is 11.6 Å². The minimum atomic E-state index is -0.306. The van der Waals surface area contributed by atoms with Crippen LogP contribution >= 0.6 is 0 Å². The highest BCUT2D eigenvalue weighted by atomic mass is 19.1. The van der Waals surface area contributed by atoms with Crippen molar-refractivity contribution < 1.29 is 9.18 Å². The number of halogens is 1. The number of carbonyl (C=O) groups excluding carboxylic acids is 1. The molecule has 0 aromatic heterocycles. The Morgan fingerprint density at radius 2 is 1.77 bits per heavy atom. The summed E-state index contributed by atoms with van der Waals surface area (Å²) in [7, 11) is 0. The van der Waals surface area contributed by atoms with Crippen molar-refractivity contribution in [2.75, 3.05) is 11.9 Å². The van der Waals surface area contributed by atoms with Crippen LogP contribution in [-0.2, 0) is 11.3 Å². The molecule has 0 radical (unpaired) electrons. The van der Waals surface area contributed by atoms with Crippen LogP contribution in [0.1, 0.15) is 30.9 Å². The van der Waals surface area contributed by atoms with Gasteiger partial charge in [0.1, 0.15) is 5.82 Å². The molecule has 0 aliphatic carbocycles. The Hall–Kier alpha value is -2.36. The lowest BCUT2D eigenvalue weighted by molar-refractivity contribution is -0.119. The van der Waals surface area contributed by atoms with Gasteiger partial charge in [-0.05, 0) is 29.7 Å². The van der Waals surface area contributed by atoms with E-state index in [1.54, 1.807) is 18.2 Å². The van der Waals surface area contributed by atoms with E-state index in [0.29, 0.717) is 11.5 Å². The molecule has 22 heavy (non-hydrogen) atoms. The number of nitrogens with one attached hydrogen (secondary N) is 2. The number of hydrogen-bond donors (Lipinski definition) is 2. The zero-order chi connectivity index (χ0) is 15.9. The molecule has 1 amide bonds. The zero-order valence-electron chi connectivity index (χ0n) is 12.9. The van der Waals surface area contributed by atoms with Crippen molar-refractivity contribution in [3.8, 4) is 0 Å². The maximum absolute atomic E-state index is 13.4. The summed E-state index contributed by atoms with van der Waals surface area (Å²) in [5.41, 5.74) is 2.64. The SMILES string of the molecule is CC(C)c1ccc(NCC(=O)NCc2ccccc2F)cc1. The Morgan fingerprint density at radius 3 is 2.41 bits per heavy atom. The summed E-state index contributed by atoms with van der Waals surface area (Å²) in [6.07, 6.45) is 0. The Balaban J connectivity index is 1.79. The minimum Gasteiger partial charge on any atom is -0.376 e. The summed E-state index contributed by atoms with van der Waals surface area (Å²) >= 11 is 0. The van der Waals surface area contributed by atoms with E-state index >= 15 is 0 Å².